The molecule has 0 aliphatic heterocycles. The van der Waals surface area contributed by atoms with Crippen LogP contribution in [0.4, 0.5) is 8.78 Å². The summed E-state index contributed by atoms with van der Waals surface area (Å²) in [6, 6.07) is 14.2. The summed E-state index contributed by atoms with van der Waals surface area (Å²) < 4.78 is 33.2. The first-order valence-electron chi connectivity index (χ1n) is 6.34. The summed E-state index contributed by atoms with van der Waals surface area (Å²) in [6.07, 6.45) is -0.767. The largest absolute Gasteiger partial charge is 0.487 e. The SMILES string of the molecule is C[C@@H](O)c1ccccc1OCC(F)(F)c1ccccc1. The molecule has 0 heterocycles. The predicted molar refractivity (Wildman–Crippen MR) is 72.9 cm³/mol. The molecule has 0 saturated carbocycles. The van der Waals surface area contributed by atoms with Crippen LogP contribution in [0.5, 0.6) is 5.75 Å². The standard InChI is InChI=1S/C16H16F2O2/c1-12(19)14-9-5-6-10-15(14)20-11-16(17,18)13-7-3-2-4-8-13/h2-10,12,19H,11H2,1H3/t12-/m1/s1. The molecule has 0 radical (unpaired) electrons. The summed E-state index contributed by atoms with van der Waals surface area (Å²) in [7, 11) is 0. The molecule has 2 nitrogen and oxygen atoms in total. The highest BCUT2D eigenvalue weighted by molar-refractivity contribution is 5.35. The van der Waals surface area contributed by atoms with Crippen LogP contribution in [0.15, 0.2) is 54.6 Å². The molecule has 0 amide bonds. The second-order valence-electron chi connectivity index (χ2n) is 4.57. The Morgan fingerprint density at radius 1 is 1.05 bits per heavy atom. The third-order valence-corrected chi connectivity index (χ3v) is 2.97. The van der Waals surface area contributed by atoms with E-state index in [9.17, 15) is 13.9 Å². The molecule has 0 aliphatic carbocycles. The molecule has 106 valence electrons. The molecule has 0 spiro atoms. The summed E-state index contributed by atoms with van der Waals surface area (Å²) >= 11 is 0. The Labute approximate surface area is 116 Å². The van der Waals surface area contributed by atoms with Crippen molar-refractivity contribution in [2.75, 3.05) is 6.61 Å². The minimum absolute atomic E-state index is 0.0884. The number of aliphatic hydroxyl groups is 1. The third kappa shape index (κ3) is 3.33. The van der Waals surface area contributed by atoms with Gasteiger partial charge in [-0.25, -0.2) is 0 Å². The Morgan fingerprint density at radius 3 is 2.30 bits per heavy atom. The second kappa shape index (κ2) is 6.01. The minimum Gasteiger partial charge on any atom is -0.487 e. The van der Waals surface area contributed by atoms with E-state index in [4.69, 9.17) is 4.74 Å². The van der Waals surface area contributed by atoms with Crippen LogP contribution in [0, 0.1) is 0 Å². The number of para-hydroxylation sites is 1. The maximum absolute atomic E-state index is 14.0. The van der Waals surface area contributed by atoms with Crippen LogP contribution in [0.25, 0.3) is 0 Å². The zero-order valence-corrected chi connectivity index (χ0v) is 11.1. The van der Waals surface area contributed by atoms with Crippen molar-refractivity contribution in [3.63, 3.8) is 0 Å². The van der Waals surface area contributed by atoms with Crippen LogP contribution in [-0.2, 0) is 5.92 Å². The molecule has 4 heteroatoms. The summed E-state index contributed by atoms with van der Waals surface area (Å²) in [5, 5.41) is 9.58. The third-order valence-electron chi connectivity index (χ3n) is 2.97. The van der Waals surface area contributed by atoms with Gasteiger partial charge in [0, 0.05) is 11.1 Å². The zero-order chi connectivity index (χ0) is 14.6. The second-order valence-corrected chi connectivity index (χ2v) is 4.57. The van der Waals surface area contributed by atoms with Crippen LogP contribution < -0.4 is 4.74 Å². The molecule has 0 aromatic heterocycles. The molecule has 0 unspecified atom stereocenters. The van der Waals surface area contributed by atoms with Crippen LogP contribution in [-0.4, -0.2) is 11.7 Å². The van der Waals surface area contributed by atoms with Crippen molar-refractivity contribution < 1.29 is 18.6 Å². The lowest BCUT2D eigenvalue weighted by Gasteiger charge is -2.19. The number of halogens is 2. The van der Waals surface area contributed by atoms with Crippen molar-refractivity contribution in [3.8, 4) is 5.75 Å². The number of alkyl halides is 2. The normalized spacial score (nSPS) is 13.0. The maximum Gasteiger partial charge on any atom is 0.306 e. The van der Waals surface area contributed by atoms with Gasteiger partial charge in [0.15, 0.2) is 6.61 Å². The van der Waals surface area contributed by atoms with Gasteiger partial charge >= 0.3 is 5.92 Å². The van der Waals surface area contributed by atoms with E-state index in [0.29, 0.717) is 5.56 Å². The Kier molecular flexibility index (Phi) is 4.35. The van der Waals surface area contributed by atoms with E-state index >= 15 is 0 Å². The molecule has 0 bridgehead atoms. The Morgan fingerprint density at radius 2 is 1.65 bits per heavy atom. The number of hydrogen-bond donors (Lipinski definition) is 1. The molecular formula is C16H16F2O2. The first kappa shape index (κ1) is 14.5. The lowest BCUT2D eigenvalue weighted by molar-refractivity contribution is -0.0473. The van der Waals surface area contributed by atoms with E-state index in [1.54, 1.807) is 49.4 Å². The average molecular weight is 278 g/mol. The first-order valence-corrected chi connectivity index (χ1v) is 6.34. The summed E-state index contributed by atoms with van der Waals surface area (Å²) in [4.78, 5) is 0. The lowest BCUT2D eigenvalue weighted by atomic mass is 10.1. The van der Waals surface area contributed by atoms with Gasteiger partial charge in [0.1, 0.15) is 5.75 Å². The van der Waals surface area contributed by atoms with E-state index in [1.807, 2.05) is 0 Å². The fourth-order valence-corrected chi connectivity index (χ4v) is 1.89. The summed E-state index contributed by atoms with van der Waals surface area (Å²) in [6.45, 7) is 0.804. The highest BCUT2D eigenvalue weighted by atomic mass is 19.3. The van der Waals surface area contributed by atoms with Gasteiger partial charge in [0.2, 0.25) is 0 Å². The number of hydrogen-bond acceptors (Lipinski definition) is 2. The quantitative estimate of drug-likeness (QED) is 0.898. The van der Waals surface area contributed by atoms with Gasteiger partial charge in [-0.15, -0.1) is 0 Å². The summed E-state index contributed by atoms with van der Waals surface area (Å²) in [5.41, 5.74) is 0.408. The molecular weight excluding hydrogens is 262 g/mol. The van der Waals surface area contributed by atoms with E-state index < -0.39 is 18.6 Å². The van der Waals surface area contributed by atoms with Crippen molar-refractivity contribution in [2.45, 2.75) is 19.0 Å². The highest BCUT2D eigenvalue weighted by Gasteiger charge is 2.32. The average Bonchev–Trinajstić information content (AvgIpc) is 2.46. The topological polar surface area (TPSA) is 29.5 Å². The lowest BCUT2D eigenvalue weighted by Crippen LogP contribution is -2.23. The fourth-order valence-electron chi connectivity index (χ4n) is 1.89. The van der Waals surface area contributed by atoms with Crippen molar-refractivity contribution in [1.29, 1.82) is 0 Å². The van der Waals surface area contributed by atoms with Crippen LogP contribution in [0.2, 0.25) is 0 Å². The molecule has 1 atom stereocenters. The Balaban J connectivity index is 2.13. The molecule has 2 aromatic carbocycles. The molecule has 2 rings (SSSR count). The molecule has 2 aromatic rings. The van der Waals surface area contributed by atoms with E-state index in [2.05, 4.69) is 0 Å². The van der Waals surface area contributed by atoms with Gasteiger partial charge in [-0.1, -0.05) is 48.5 Å². The summed E-state index contributed by atoms with van der Waals surface area (Å²) in [5.74, 6) is -2.80. The van der Waals surface area contributed by atoms with E-state index in [-0.39, 0.29) is 11.3 Å². The molecule has 0 aliphatic rings. The van der Waals surface area contributed by atoms with Gasteiger partial charge in [-0.2, -0.15) is 8.78 Å². The van der Waals surface area contributed by atoms with E-state index in [1.165, 1.54) is 12.1 Å². The van der Waals surface area contributed by atoms with Gasteiger partial charge in [-0.3, -0.25) is 0 Å². The Hall–Kier alpha value is -1.94. The van der Waals surface area contributed by atoms with Crippen molar-refractivity contribution in [1.82, 2.24) is 0 Å². The number of benzene rings is 2. The Bertz CT molecular complexity index is 553. The molecule has 0 fully saturated rings. The van der Waals surface area contributed by atoms with Crippen molar-refractivity contribution >= 4 is 0 Å². The number of ether oxygens (including phenoxy) is 1. The molecule has 0 saturated heterocycles. The van der Waals surface area contributed by atoms with Gasteiger partial charge in [0.05, 0.1) is 6.10 Å². The van der Waals surface area contributed by atoms with Gasteiger partial charge < -0.3 is 9.84 Å². The van der Waals surface area contributed by atoms with E-state index in [0.717, 1.165) is 0 Å². The number of rotatable bonds is 5. The predicted octanol–water partition coefficient (Wildman–Crippen LogP) is 3.91. The molecule has 20 heavy (non-hydrogen) atoms. The molecule has 1 N–H and O–H groups in total. The van der Waals surface area contributed by atoms with Crippen LogP contribution in [0.1, 0.15) is 24.2 Å². The first-order chi connectivity index (χ1) is 9.50. The zero-order valence-electron chi connectivity index (χ0n) is 11.1. The maximum atomic E-state index is 14.0. The smallest absolute Gasteiger partial charge is 0.306 e. The monoisotopic (exact) mass is 278 g/mol. The fraction of sp³-hybridized carbons (Fsp3) is 0.250. The number of aliphatic hydroxyl groups excluding tert-OH is 1. The van der Waals surface area contributed by atoms with Crippen molar-refractivity contribution in [3.05, 3.63) is 65.7 Å². The van der Waals surface area contributed by atoms with Crippen LogP contribution in [0.3, 0.4) is 0 Å². The van der Waals surface area contributed by atoms with Gasteiger partial charge in [-0.05, 0) is 13.0 Å². The van der Waals surface area contributed by atoms with Gasteiger partial charge in [0.25, 0.3) is 0 Å². The van der Waals surface area contributed by atoms with Crippen molar-refractivity contribution in [2.24, 2.45) is 0 Å². The van der Waals surface area contributed by atoms with Crippen LogP contribution >= 0.6 is 0 Å². The highest BCUT2D eigenvalue weighted by Crippen LogP contribution is 2.31. The minimum atomic E-state index is -3.08.